The van der Waals surface area contributed by atoms with Gasteiger partial charge in [-0.05, 0) is 36.6 Å². The molecule has 1 aliphatic rings. The molecule has 0 unspecified atom stereocenters. The van der Waals surface area contributed by atoms with Crippen molar-refractivity contribution in [2.75, 3.05) is 13.1 Å². The largest absolute Gasteiger partial charge is 0.489 e. The van der Waals surface area contributed by atoms with E-state index in [1.807, 2.05) is 46.9 Å². The first-order valence-corrected chi connectivity index (χ1v) is 9.10. The third-order valence-electron chi connectivity index (χ3n) is 4.97. The van der Waals surface area contributed by atoms with E-state index >= 15 is 0 Å². The van der Waals surface area contributed by atoms with Crippen LogP contribution in [0.15, 0.2) is 54.9 Å². The quantitative estimate of drug-likeness (QED) is 0.725. The molecule has 3 heterocycles. The highest BCUT2D eigenvalue weighted by Crippen LogP contribution is 2.20. The van der Waals surface area contributed by atoms with Crippen molar-refractivity contribution in [2.45, 2.75) is 32.4 Å². The van der Waals surface area contributed by atoms with Gasteiger partial charge < -0.3 is 14.2 Å². The minimum atomic E-state index is 0.149. The summed E-state index contributed by atoms with van der Waals surface area (Å²) >= 11 is 0. The fourth-order valence-electron chi connectivity index (χ4n) is 3.46. The molecule has 0 aliphatic carbocycles. The minimum Gasteiger partial charge on any atom is -0.489 e. The molecule has 0 saturated carbocycles. The van der Waals surface area contributed by atoms with Gasteiger partial charge in [-0.15, -0.1) is 0 Å². The molecule has 0 spiro atoms. The van der Waals surface area contributed by atoms with E-state index in [4.69, 9.17) is 4.74 Å². The van der Waals surface area contributed by atoms with E-state index in [1.54, 1.807) is 6.20 Å². The van der Waals surface area contributed by atoms with Gasteiger partial charge in [-0.25, -0.2) is 0 Å². The summed E-state index contributed by atoms with van der Waals surface area (Å²) in [5, 5.41) is 1.17. The van der Waals surface area contributed by atoms with Crippen LogP contribution in [0.4, 0.5) is 0 Å². The lowest BCUT2D eigenvalue weighted by atomic mass is 10.1. The van der Waals surface area contributed by atoms with Crippen LogP contribution < -0.4 is 4.74 Å². The average molecular weight is 349 g/mol. The van der Waals surface area contributed by atoms with Gasteiger partial charge in [0.05, 0.1) is 6.20 Å². The number of ether oxygens (including phenoxy) is 1. The second-order valence-corrected chi connectivity index (χ2v) is 6.84. The molecule has 0 N–H and O–H groups in total. The average Bonchev–Trinajstić information content (AvgIpc) is 3.07. The predicted octanol–water partition coefficient (Wildman–Crippen LogP) is 3.41. The van der Waals surface area contributed by atoms with Crippen LogP contribution in [0.5, 0.6) is 5.75 Å². The second kappa shape index (κ2) is 7.20. The van der Waals surface area contributed by atoms with Crippen LogP contribution >= 0.6 is 0 Å². The number of rotatable bonds is 4. The van der Waals surface area contributed by atoms with E-state index < -0.39 is 0 Å². The van der Waals surface area contributed by atoms with Crippen molar-refractivity contribution < 1.29 is 9.53 Å². The number of carbonyl (C=O) groups excluding carboxylic acids is 1. The highest BCUT2D eigenvalue weighted by atomic mass is 16.5. The van der Waals surface area contributed by atoms with Crippen LogP contribution in [-0.4, -0.2) is 39.6 Å². The van der Waals surface area contributed by atoms with E-state index in [2.05, 4.69) is 23.2 Å². The molecule has 0 radical (unpaired) electrons. The molecule has 3 aromatic rings. The smallest absolute Gasteiger partial charge is 0.242 e. The number of likely N-dealkylation sites (tertiary alicyclic amines) is 1. The molecule has 134 valence electrons. The maximum atomic E-state index is 12.7. The van der Waals surface area contributed by atoms with Crippen LogP contribution in [-0.2, 0) is 11.3 Å². The fraction of sp³-hybridized carbons (Fsp3) is 0.333. The third kappa shape index (κ3) is 3.57. The lowest BCUT2D eigenvalue weighted by molar-refractivity contribution is -0.133. The van der Waals surface area contributed by atoms with E-state index in [9.17, 15) is 4.79 Å². The lowest BCUT2D eigenvalue weighted by Gasteiger charge is -2.32. The first kappa shape index (κ1) is 16.6. The molecule has 1 aromatic carbocycles. The van der Waals surface area contributed by atoms with Crippen LogP contribution in [0.1, 0.15) is 18.5 Å². The molecule has 1 aliphatic heterocycles. The molecule has 1 fully saturated rings. The van der Waals surface area contributed by atoms with E-state index in [-0.39, 0.29) is 12.0 Å². The number of benzene rings is 1. The molecular weight excluding hydrogens is 326 g/mol. The number of amides is 1. The number of aromatic nitrogens is 2. The summed E-state index contributed by atoms with van der Waals surface area (Å²) in [6.07, 6.45) is 5.61. The maximum absolute atomic E-state index is 12.7. The van der Waals surface area contributed by atoms with Gasteiger partial charge in [0.15, 0.2) is 0 Å². The minimum absolute atomic E-state index is 0.149. The van der Waals surface area contributed by atoms with Crippen molar-refractivity contribution in [3.8, 4) is 5.75 Å². The highest BCUT2D eigenvalue weighted by Gasteiger charge is 2.24. The first-order chi connectivity index (χ1) is 12.7. The molecule has 5 heteroatoms. The first-order valence-electron chi connectivity index (χ1n) is 9.10. The number of nitrogens with zero attached hydrogens (tertiary/aromatic N) is 3. The molecule has 1 amide bonds. The van der Waals surface area contributed by atoms with E-state index in [0.29, 0.717) is 6.54 Å². The Morgan fingerprint density at radius 3 is 2.73 bits per heavy atom. The number of fused-ring (bicyclic) bond motifs is 1. The summed E-state index contributed by atoms with van der Waals surface area (Å²) in [7, 11) is 0. The Morgan fingerprint density at radius 2 is 1.96 bits per heavy atom. The van der Waals surface area contributed by atoms with E-state index in [1.165, 1.54) is 5.39 Å². The molecule has 0 bridgehead atoms. The van der Waals surface area contributed by atoms with Crippen molar-refractivity contribution in [1.29, 1.82) is 0 Å². The van der Waals surface area contributed by atoms with Gasteiger partial charge >= 0.3 is 0 Å². The Bertz CT molecular complexity index is 893. The van der Waals surface area contributed by atoms with Crippen LogP contribution in [0, 0.1) is 6.92 Å². The number of hydrogen-bond acceptors (Lipinski definition) is 3. The number of aryl methyl sites for hydroxylation is 1. The zero-order valence-corrected chi connectivity index (χ0v) is 15.0. The van der Waals surface area contributed by atoms with Gasteiger partial charge in [-0.3, -0.25) is 9.78 Å². The monoisotopic (exact) mass is 349 g/mol. The molecule has 5 nitrogen and oxygen atoms in total. The molecular formula is C21H23N3O2. The van der Waals surface area contributed by atoms with Gasteiger partial charge in [0, 0.05) is 43.3 Å². The fourth-order valence-corrected chi connectivity index (χ4v) is 3.46. The van der Waals surface area contributed by atoms with Gasteiger partial charge in [-0.2, -0.15) is 0 Å². The zero-order chi connectivity index (χ0) is 17.9. The Balaban J connectivity index is 1.32. The standard InChI is InChI=1S/C21H23N3O2/c1-16-6-7-19(14-22-16)26-18-9-12-23(13-10-18)21(25)15-24-11-8-17-4-2-3-5-20(17)24/h2-8,11,14,18H,9-10,12-13,15H2,1H3. The molecule has 4 rings (SSSR count). The van der Waals surface area contributed by atoms with Crippen molar-refractivity contribution >= 4 is 16.8 Å². The maximum Gasteiger partial charge on any atom is 0.242 e. The number of piperidine rings is 1. The summed E-state index contributed by atoms with van der Waals surface area (Å²) in [5.74, 6) is 0.973. The van der Waals surface area contributed by atoms with Crippen molar-refractivity contribution in [3.63, 3.8) is 0 Å². The number of hydrogen-bond donors (Lipinski definition) is 0. The van der Waals surface area contributed by atoms with Crippen LogP contribution in [0.2, 0.25) is 0 Å². The number of pyridine rings is 1. The van der Waals surface area contributed by atoms with E-state index in [0.717, 1.165) is 42.9 Å². The SMILES string of the molecule is Cc1ccc(OC2CCN(C(=O)Cn3ccc4ccccc43)CC2)cn1. The molecule has 26 heavy (non-hydrogen) atoms. The zero-order valence-electron chi connectivity index (χ0n) is 15.0. The Kier molecular flexibility index (Phi) is 4.61. The van der Waals surface area contributed by atoms with Gasteiger partial charge in [0.1, 0.15) is 18.4 Å². The summed E-state index contributed by atoms with van der Waals surface area (Å²) < 4.78 is 8.02. The highest BCUT2D eigenvalue weighted by molar-refractivity contribution is 5.83. The summed E-state index contributed by atoms with van der Waals surface area (Å²) in [6, 6.07) is 14.1. The Hall–Kier alpha value is -2.82. The van der Waals surface area contributed by atoms with Gasteiger partial charge in [0.2, 0.25) is 5.91 Å². The predicted molar refractivity (Wildman–Crippen MR) is 101 cm³/mol. The molecule has 1 saturated heterocycles. The van der Waals surface area contributed by atoms with Gasteiger partial charge in [-0.1, -0.05) is 18.2 Å². The summed E-state index contributed by atoms with van der Waals surface area (Å²) in [6.45, 7) is 3.83. The van der Waals surface area contributed by atoms with Crippen LogP contribution in [0.25, 0.3) is 10.9 Å². The Morgan fingerprint density at radius 1 is 1.15 bits per heavy atom. The Labute approximate surface area is 153 Å². The topological polar surface area (TPSA) is 47.4 Å². The normalized spacial score (nSPS) is 15.3. The molecule has 0 atom stereocenters. The number of para-hydroxylation sites is 1. The van der Waals surface area contributed by atoms with Crippen molar-refractivity contribution in [1.82, 2.24) is 14.5 Å². The summed E-state index contributed by atoms with van der Waals surface area (Å²) in [5.41, 5.74) is 2.08. The van der Waals surface area contributed by atoms with Gasteiger partial charge in [0.25, 0.3) is 0 Å². The summed E-state index contributed by atoms with van der Waals surface area (Å²) in [4.78, 5) is 18.9. The van der Waals surface area contributed by atoms with Crippen LogP contribution in [0.3, 0.4) is 0 Å². The number of carbonyl (C=O) groups is 1. The second-order valence-electron chi connectivity index (χ2n) is 6.84. The van der Waals surface area contributed by atoms with Crippen molar-refractivity contribution in [2.24, 2.45) is 0 Å². The van der Waals surface area contributed by atoms with Crippen molar-refractivity contribution in [3.05, 3.63) is 60.6 Å². The molecule has 2 aromatic heterocycles. The third-order valence-corrected chi connectivity index (χ3v) is 4.97. The lowest BCUT2D eigenvalue weighted by Crippen LogP contribution is -2.43.